The summed E-state index contributed by atoms with van der Waals surface area (Å²) >= 11 is 0. The maximum atomic E-state index is 15.0. The molecule has 13 atom stereocenters. The number of fused-ring (bicyclic) bond motifs is 1. The van der Waals surface area contributed by atoms with Crippen LogP contribution in [0.3, 0.4) is 0 Å². The lowest BCUT2D eigenvalue weighted by Gasteiger charge is -2.40. The Balaban J connectivity index is 1.30. The minimum atomic E-state index is -1.95. The number of hydrogen-bond acceptors (Lipinski definition) is 22. The van der Waals surface area contributed by atoms with Gasteiger partial charge in [-0.2, -0.15) is 0 Å². The van der Waals surface area contributed by atoms with Crippen LogP contribution in [0.5, 0.6) is 63.2 Å². The first-order valence-electron chi connectivity index (χ1n) is 25.3. The maximum Gasteiger partial charge on any atom is 0.229 e. The van der Waals surface area contributed by atoms with Gasteiger partial charge in [0.25, 0.3) is 0 Å². The summed E-state index contributed by atoms with van der Waals surface area (Å²) in [6, 6.07) is 23.5. The summed E-state index contributed by atoms with van der Waals surface area (Å²) in [7, 11) is 0. The van der Waals surface area contributed by atoms with Crippen molar-refractivity contribution in [3.05, 3.63) is 148 Å². The molecule has 22 heteroatoms. The van der Waals surface area contributed by atoms with E-state index in [-0.39, 0.29) is 82.2 Å². The van der Waals surface area contributed by atoms with Crippen molar-refractivity contribution < 1.29 is 110 Å². The summed E-state index contributed by atoms with van der Waals surface area (Å²) in [5.41, 5.74) is 0.605. The van der Waals surface area contributed by atoms with E-state index in [9.17, 15) is 81.7 Å². The van der Waals surface area contributed by atoms with E-state index in [2.05, 4.69) is 0 Å². The highest BCUT2D eigenvalue weighted by Gasteiger charge is 2.48. The molecule has 2 saturated heterocycles. The Morgan fingerprint density at radius 3 is 1.41 bits per heavy atom. The van der Waals surface area contributed by atoms with Gasteiger partial charge in [-0.15, -0.1) is 0 Å². The number of ether oxygens (including phenoxy) is 5. The molecule has 22 nitrogen and oxygen atoms in total. The van der Waals surface area contributed by atoms with Crippen LogP contribution in [0.4, 0.5) is 0 Å². The third-order valence-electron chi connectivity index (χ3n) is 14.7. The van der Waals surface area contributed by atoms with Crippen molar-refractivity contribution >= 4 is 5.78 Å². The lowest BCUT2D eigenvalue weighted by atomic mass is 9.76. The number of aliphatic hydroxyl groups is 8. The molecule has 6 aromatic rings. The number of aromatic hydroxyl groups is 8. The summed E-state index contributed by atoms with van der Waals surface area (Å²) in [6.07, 6.45) is -19.4. The van der Waals surface area contributed by atoms with Crippen LogP contribution in [0.1, 0.15) is 86.5 Å². The molecule has 3 aliphatic rings. The largest absolute Gasteiger partial charge is 0.508 e. The number of aryl methyl sites for hydroxylation is 2. The molecule has 6 aromatic carbocycles. The first-order chi connectivity index (χ1) is 37.8. The van der Waals surface area contributed by atoms with E-state index >= 15 is 4.79 Å². The minimum Gasteiger partial charge on any atom is -0.508 e. The van der Waals surface area contributed by atoms with Gasteiger partial charge in [0.1, 0.15) is 112 Å². The second-order valence-electron chi connectivity index (χ2n) is 19.8. The van der Waals surface area contributed by atoms with Gasteiger partial charge in [0.2, 0.25) is 12.6 Å². The molecule has 0 radical (unpaired) electrons. The molecule has 2 fully saturated rings. The number of carbonyl (C=O) groups is 1. The van der Waals surface area contributed by atoms with Gasteiger partial charge in [0.05, 0.1) is 19.6 Å². The van der Waals surface area contributed by atoms with Gasteiger partial charge in [-0.25, -0.2) is 0 Å². The van der Waals surface area contributed by atoms with Gasteiger partial charge >= 0.3 is 0 Å². The first kappa shape index (κ1) is 56.1. The predicted molar refractivity (Wildman–Crippen MR) is 273 cm³/mol. The number of phenols is 8. The Bertz CT molecular complexity index is 3130. The summed E-state index contributed by atoms with van der Waals surface area (Å²) in [6.45, 7) is -1.64. The molecule has 0 aromatic heterocycles. The fourth-order valence-corrected chi connectivity index (χ4v) is 10.4. The molecule has 0 spiro atoms. The fourth-order valence-electron chi connectivity index (χ4n) is 10.4. The van der Waals surface area contributed by atoms with Crippen LogP contribution >= 0.6 is 0 Å². The van der Waals surface area contributed by atoms with E-state index < -0.39 is 145 Å². The van der Waals surface area contributed by atoms with Crippen LogP contribution in [0, 0.1) is 0 Å². The van der Waals surface area contributed by atoms with Crippen molar-refractivity contribution in [3.63, 3.8) is 0 Å². The number of benzene rings is 6. The number of hydrogen-bond donors (Lipinski definition) is 16. The molecule has 16 N–H and O–H groups in total. The lowest BCUT2D eigenvalue weighted by Crippen LogP contribution is -2.60. The molecule has 0 bridgehead atoms. The second kappa shape index (κ2) is 23.4. The van der Waals surface area contributed by atoms with E-state index in [4.69, 9.17) is 23.7 Å². The van der Waals surface area contributed by atoms with Crippen LogP contribution in [0.15, 0.2) is 103 Å². The molecule has 0 aliphatic carbocycles. The zero-order chi connectivity index (χ0) is 56.6. The number of phenolic OH excluding ortho intramolecular Hbond substituents is 8. The molecule has 9 rings (SSSR count). The van der Waals surface area contributed by atoms with Crippen LogP contribution in [-0.4, -0.2) is 162 Å². The van der Waals surface area contributed by atoms with Crippen molar-refractivity contribution in [1.82, 2.24) is 0 Å². The van der Waals surface area contributed by atoms with Crippen molar-refractivity contribution in [2.75, 3.05) is 13.2 Å². The lowest BCUT2D eigenvalue weighted by molar-refractivity contribution is -0.277. The van der Waals surface area contributed by atoms with Crippen molar-refractivity contribution in [2.45, 2.75) is 111 Å². The molecular weight excluding hydrogens is 1040 g/mol. The average molecular weight is 1100 g/mol. The van der Waals surface area contributed by atoms with Crippen molar-refractivity contribution in [1.29, 1.82) is 0 Å². The van der Waals surface area contributed by atoms with Crippen LogP contribution in [0.25, 0.3) is 0 Å². The van der Waals surface area contributed by atoms with Gasteiger partial charge in [-0.3, -0.25) is 4.79 Å². The topological polar surface area (TPSA) is 387 Å². The van der Waals surface area contributed by atoms with Gasteiger partial charge in [-0.1, -0.05) is 42.5 Å². The Labute approximate surface area is 450 Å². The van der Waals surface area contributed by atoms with E-state index in [1.54, 1.807) is 24.3 Å². The summed E-state index contributed by atoms with van der Waals surface area (Å²) in [5.74, 6) is -7.72. The van der Waals surface area contributed by atoms with Crippen molar-refractivity contribution in [3.8, 4) is 63.2 Å². The number of Topliss-reactive ketones (excluding diaryl/α,β-unsaturated/α-hetero) is 1. The zero-order valence-electron chi connectivity index (χ0n) is 41.9. The normalized spacial score (nSPS) is 25.7. The highest BCUT2D eigenvalue weighted by Crippen LogP contribution is 2.58. The smallest absolute Gasteiger partial charge is 0.229 e. The Hall–Kier alpha value is -7.61. The summed E-state index contributed by atoms with van der Waals surface area (Å²) in [4.78, 5) is 15.0. The molecule has 79 heavy (non-hydrogen) atoms. The molecular formula is C57H60O22. The predicted octanol–water partition coefficient (Wildman–Crippen LogP) is 2.92. The van der Waals surface area contributed by atoms with Gasteiger partial charge in [0, 0.05) is 46.2 Å². The van der Waals surface area contributed by atoms with E-state index in [1.165, 1.54) is 66.7 Å². The Morgan fingerprint density at radius 1 is 0.494 bits per heavy atom. The molecule has 0 saturated carbocycles. The van der Waals surface area contributed by atoms with E-state index in [0.717, 1.165) is 12.1 Å². The molecule has 3 heterocycles. The number of rotatable bonds is 17. The first-order valence-corrected chi connectivity index (χ1v) is 25.3. The van der Waals surface area contributed by atoms with Crippen LogP contribution in [0.2, 0.25) is 0 Å². The number of aliphatic hydroxyl groups excluding tert-OH is 8. The fraction of sp³-hybridized carbons (Fsp3) is 0.351. The third-order valence-corrected chi connectivity index (χ3v) is 14.7. The molecule has 3 aliphatic heterocycles. The van der Waals surface area contributed by atoms with E-state index in [0.29, 0.717) is 11.1 Å². The SMILES string of the molecule is O=C1C[C@@H](c2ccc(O)c(O)c2)Oc2c1c(O)c([C@@H](CCc1ccc(O)cc1)c1ccc(O)cc1O[C@@H]1O[C@H](CO)[C@@H](O)[C@H](O)[C@H]1O)c(O)c2[C@@H](CCc1ccc(O)cc1)c1ccc(O)cc1O[C@@H]1O[C@H](CO)[C@@H](O)[C@H](O)[C@H]1O. The maximum absolute atomic E-state index is 15.0. The molecule has 0 amide bonds. The minimum absolute atomic E-state index is 0.0505. The third kappa shape index (κ3) is 11.5. The molecule has 420 valence electrons. The average Bonchev–Trinajstić information content (AvgIpc) is 3.62. The quantitative estimate of drug-likeness (QED) is 0.0584. The van der Waals surface area contributed by atoms with Crippen LogP contribution in [-0.2, 0) is 22.3 Å². The number of carbonyl (C=O) groups excluding carboxylic acids is 1. The second-order valence-corrected chi connectivity index (χ2v) is 19.8. The highest BCUT2D eigenvalue weighted by molar-refractivity contribution is 6.04. The van der Waals surface area contributed by atoms with Crippen LogP contribution < -0.4 is 14.2 Å². The van der Waals surface area contributed by atoms with Gasteiger partial charge in [0.15, 0.2) is 17.3 Å². The summed E-state index contributed by atoms with van der Waals surface area (Å²) in [5, 5.41) is 175. The number of ketones is 1. The Morgan fingerprint density at radius 2 is 0.949 bits per heavy atom. The monoisotopic (exact) mass is 1100 g/mol. The van der Waals surface area contributed by atoms with E-state index in [1.807, 2.05) is 0 Å². The van der Waals surface area contributed by atoms with Gasteiger partial charge in [-0.05, 0) is 90.9 Å². The van der Waals surface area contributed by atoms with Crippen molar-refractivity contribution in [2.24, 2.45) is 0 Å². The Kier molecular flexibility index (Phi) is 16.6. The van der Waals surface area contributed by atoms with Gasteiger partial charge < -0.3 is 105 Å². The highest BCUT2D eigenvalue weighted by atomic mass is 16.7. The zero-order valence-corrected chi connectivity index (χ0v) is 41.9. The molecule has 0 unspecified atom stereocenters. The standard InChI is InChI=1S/C57H60O22/c58-23-42-47(67)51(71)53(73)56(78-42)76-40-20-30(62)12-16-32(40)34(14-5-25-1-8-28(60)9-2-25)44-49(69)45(55-46(50(44)70)38(66)22-39(75-55)27-7-18-36(64)37(65)19-27)35(15-6-26-3-10-29(61)11-4-26)33-17-13-31(63)21-41(33)77-57-54(74)52(72)48(68)43(24-59)79-57/h1-4,7-13,16-21,34-35,39,42-43,47-48,51-54,56-65,67-74H,5-6,14-15,22-24H2/t34-,35-,39-,42+,43+,47+,48+,51-,52-,53+,54+,56+,57+/m0/s1. The summed E-state index contributed by atoms with van der Waals surface area (Å²) < 4.78 is 30.6.